The van der Waals surface area contributed by atoms with E-state index in [1.54, 1.807) is 0 Å². The molecule has 1 aromatic carbocycles. The molecule has 1 atom stereocenters. The molecule has 0 bridgehead atoms. The van der Waals surface area contributed by atoms with Crippen LogP contribution in [0.1, 0.15) is 11.6 Å². The first-order valence-corrected chi connectivity index (χ1v) is 4.28. The van der Waals surface area contributed by atoms with Crippen molar-refractivity contribution in [2.45, 2.75) is 12.7 Å². The molecule has 0 amide bonds. The molecule has 0 radical (unpaired) electrons. The Hall–Kier alpha value is -1.40. The second-order valence-electron chi connectivity index (χ2n) is 2.95. The van der Waals surface area contributed by atoms with Gasteiger partial charge in [0, 0.05) is 12.6 Å². The Bertz CT molecular complexity index is 334. The molecule has 4 nitrogen and oxygen atoms in total. The van der Waals surface area contributed by atoms with Crippen molar-refractivity contribution in [3.63, 3.8) is 0 Å². The molecule has 0 aliphatic rings. The van der Waals surface area contributed by atoms with Gasteiger partial charge < -0.3 is 21.3 Å². The fourth-order valence-corrected chi connectivity index (χ4v) is 1.10. The fraction of sp³-hybridized carbons (Fsp3) is 0.333. The van der Waals surface area contributed by atoms with Gasteiger partial charge in [-0.15, -0.1) is 0 Å². The van der Waals surface area contributed by atoms with Gasteiger partial charge in [0.25, 0.3) is 0 Å². The van der Waals surface area contributed by atoms with E-state index in [-0.39, 0.29) is 18.0 Å². The highest BCUT2D eigenvalue weighted by Gasteiger charge is 2.11. The number of alkyl halides is 2. The Morgan fingerprint density at radius 3 is 2.53 bits per heavy atom. The SMILES string of the molecule is NC[C@H](N)c1ccc(OC(F)F)c(O)c1. The first kappa shape index (κ1) is 11.7. The van der Waals surface area contributed by atoms with E-state index in [2.05, 4.69) is 4.74 Å². The number of hydrogen-bond acceptors (Lipinski definition) is 4. The van der Waals surface area contributed by atoms with Crippen molar-refractivity contribution in [1.82, 2.24) is 0 Å². The van der Waals surface area contributed by atoms with Gasteiger partial charge in [0.2, 0.25) is 0 Å². The maximum Gasteiger partial charge on any atom is 0.387 e. The maximum absolute atomic E-state index is 11.8. The minimum Gasteiger partial charge on any atom is -0.504 e. The van der Waals surface area contributed by atoms with E-state index >= 15 is 0 Å². The third kappa shape index (κ3) is 3.03. The fourth-order valence-electron chi connectivity index (χ4n) is 1.10. The number of nitrogens with two attached hydrogens (primary N) is 2. The molecule has 0 spiro atoms. The summed E-state index contributed by atoms with van der Waals surface area (Å²) in [5.41, 5.74) is 11.5. The molecule has 0 aliphatic carbocycles. The van der Waals surface area contributed by atoms with Gasteiger partial charge in [-0.25, -0.2) is 0 Å². The quantitative estimate of drug-likeness (QED) is 0.702. The molecule has 0 fully saturated rings. The van der Waals surface area contributed by atoms with Crippen LogP contribution < -0.4 is 16.2 Å². The third-order valence-corrected chi connectivity index (χ3v) is 1.88. The van der Waals surface area contributed by atoms with Gasteiger partial charge >= 0.3 is 6.61 Å². The van der Waals surface area contributed by atoms with Gasteiger partial charge in [-0.05, 0) is 17.7 Å². The lowest BCUT2D eigenvalue weighted by atomic mass is 10.1. The van der Waals surface area contributed by atoms with Gasteiger partial charge in [-0.2, -0.15) is 8.78 Å². The summed E-state index contributed by atoms with van der Waals surface area (Å²) in [5.74, 6) is -0.658. The minimum absolute atomic E-state index is 0.203. The van der Waals surface area contributed by atoms with Crippen LogP contribution in [0.5, 0.6) is 11.5 Å². The van der Waals surface area contributed by atoms with E-state index in [9.17, 15) is 13.9 Å². The Morgan fingerprint density at radius 2 is 2.07 bits per heavy atom. The summed E-state index contributed by atoms with van der Waals surface area (Å²) in [6, 6.07) is 3.53. The van der Waals surface area contributed by atoms with Crippen molar-refractivity contribution in [2.75, 3.05) is 6.54 Å². The van der Waals surface area contributed by atoms with Crippen LogP contribution in [-0.4, -0.2) is 18.3 Å². The molecule has 6 heteroatoms. The van der Waals surface area contributed by atoms with E-state index in [1.807, 2.05) is 0 Å². The number of ether oxygens (including phenoxy) is 1. The van der Waals surface area contributed by atoms with Crippen molar-refractivity contribution < 1.29 is 18.6 Å². The molecule has 84 valence electrons. The minimum atomic E-state index is -2.97. The first-order valence-electron chi connectivity index (χ1n) is 4.28. The summed E-state index contributed by atoms with van der Waals surface area (Å²) in [6.45, 7) is -2.76. The average molecular weight is 218 g/mol. The van der Waals surface area contributed by atoms with Gasteiger partial charge in [0.15, 0.2) is 11.5 Å². The Kier molecular flexibility index (Phi) is 3.81. The van der Waals surface area contributed by atoms with Gasteiger partial charge in [-0.3, -0.25) is 0 Å². The highest BCUT2D eigenvalue weighted by atomic mass is 19.3. The lowest BCUT2D eigenvalue weighted by Crippen LogP contribution is -2.20. The van der Waals surface area contributed by atoms with Crippen LogP contribution in [0.3, 0.4) is 0 Å². The number of halogens is 2. The number of benzene rings is 1. The molecule has 0 aliphatic heterocycles. The van der Waals surface area contributed by atoms with E-state index in [4.69, 9.17) is 11.5 Å². The maximum atomic E-state index is 11.8. The molecule has 0 saturated carbocycles. The molecular weight excluding hydrogens is 206 g/mol. The Labute approximate surface area is 85.4 Å². The third-order valence-electron chi connectivity index (χ3n) is 1.88. The number of rotatable bonds is 4. The monoisotopic (exact) mass is 218 g/mol. The second-order valence-corrected chi connectivity index (χ2v) is 2.95. The smallest absolute Gasteiger partial charge is 0.387 e. The van der Waals surface area contributed by atoms with E-state index in [0.29, 0.717) is 5.56 Å². The van der Waals surface area contributed by atoms with Crippen LogP contribution >= 0.6 is 0 Å². The number of phenols is 1. The van der Waals surface area contributed by atoms with Crippen LogP contribution in [0.15, 0.2) is 18.2 Å². The predicted octanol–water partition coefficient (Wildman–Crippen LogP) is 0.952. The zero-order valence-corrected chi connectivity index (χ0v) is 7.86. The normalized spacial score (nSPS) is 12.9. The summed E-state index contributed by atoms with van der Waals surface area (Å²) in [4.78, 5) is 0. The molecule has 1 rings (SSSR count). The highest BCUT2D eigenvalue weighted by molar-refractivity contribution is 5.42. The van der Waals surface area contributed by atoms with Gasteiger partial charge in [-0.1, -0.05) is 6.07 Å². The zero-order chi connectivity index (χ0) is 11.4. The van der Waals surface area contributed by atoms with Crippen molar-refractivity contribution in [1.29, 1.82) is 0 Å². The highest BCUT2D eigenvalue weighted by Crippen LogP contribution is 2.29. The molecule has 1 aromatic rings. The predicted molar refractivity (Wildman–Crippen MR) is 50.7 cm³/mol. The molecule has 0 aromatic heterocycles. The number of hydrogen-bond donors (Lipinski definition) is 3. The Balaban J connectivity index is 2.88. The van der Waals surface area contributed by atoms with Crippen molar-refractivity contribution >= 4 is 0 Å². The molecular formula is C9H12F2N2O2. The second kappa shape index (κ2) is 4.90. The standard InChI is InChI=1S/C9H12F2N2O2/c10-9(11)15-8-2-1-5(3-7(8)14)6(13)4-12/h1-3,6,9,14H,4,12-13H2/t6-/m0/s1. The summed E-state index contributed by atoms with van der Waals surface area (Å²) in [7, 11) is 0. The summed E-state index contributed by atoms with van der Waals surface area (Å²) in [6.07, 6.45) is 0. The van der Waals surface area contributed by atoms with E-state index < -0.39 is 12.7 Å². The summed E-state index contributed by atoms with van der Waals surface area (Å²) >= 11 is 0. The summed E-state index contributed by atoms with van der Waals surface area (Å²) in [5, 5.41) is 9.33. The van der Waals surface area contributed by atoms with Crippen LogP contribution in [0.4, 0.5) is 8.78 Å². The van der Waals surface area contributed by atoms with Crippen LogP contribution in [0.25, 0.3) is 0 Å². The number of aromatic hydroxyl groups is 1. The van der Waals surface area contributed by atoms with Gasteiger partial charge in [0.1, 0.15) is 0 Å². The lowest BCUT2D eigenvalue weighted by molar-refractivity contribution is -0.0512. The number of phenolic OH excluding ortho intramolecular Hbond substituents is 1. The van der Waals surface area contributed by atoms with E-state index in [1.165, 1.54) is 18.2 Å². The van der Waals surface area contributed by atoms with Gasteiger partial charge in [0.05, 0.1) is 0 Å². The molecule has 0 saturated heterocycles. The van der Waals surface area contributed by atoms with Crippen LogP contribution in [-0.2, 0) is 0 Å². The molecule has 0 heterocycles. The largest absolute Gasteiger partial charge is 0.504 e. The summed E-state index contributed by atoms with van der Waals surface area (Å²) < 4.78 is 27.8. The molecule has 5 N–H and O–H groups in total. The first-order chi connectivity index (χ1) is 7.04. The van der Waals surface area contributed by atoms with Crippen molar-refractivity contribution in [3.05, 3.63) is 23.8 Å². The Morgan fingerprint density at radius 1 is 1.40 bits per heavy atom. The topological polar surface area (TPSA) is 81.5 Å². The molecule has 15 heavy (non-hydrogen) atoms. The van der Waals surface area contributed by atoms with Crippen molar-refractivity contribution in [3.8, 4) is 11.5 Å². The molecule has 0 unspecified atom stereocenters. The van der Waals surface area contributed by atoms with E-state index in [0.717, 1.165) is 0 Å². The van der Waals surface area contributed by atoms with Crippen LogP contribution in [0.2, 0.25) is 0 Å². The average Bonchev–Trinajstić information content (AvgIpc) is 2.19. The van der Waals surface area contributed by atoms with Crippen molar-refractivity contribution in [2.24, 2.45) is 11.5 Å². The zero-order valence-electron chi connectivity index (χ0n) is 7.86. The lowest BCUT2D eigenvalue weighted by Gasteiger charge is -2.12. The van der Waals surface area contributed by atoms with Crippen LogP contribution in [0, 0.1) is 0 Å².